The van der Waals surface area contributed by atoms with Gasteiger partial charge in [0.15, 0.2) is 5.76 Å². The normalized spacial score (nSPS) is 15.5. The molecular weight excluding hydrogens is 402 g/mol. The summed E-state index contributed by atoms with van der Waals surface area (Å²) in [7, 11) is 1.70. The number of methoxy groups -OCH3 is 1. The summed E-state index contributed by atoms with van der Waals surface area (Å²) in [5.74, 6) is -0.216. The van der Waals surface area contributed by atoms with E-state index in [0.29, 0.717) is 23.0 Å². The Labute approximate surface area is 174 Å². The fourth-order valence-electron chi connectivity index (χ4n) is 3.33. The van der Waals surface area contributed by atoms with Gasteiger partial charge in [-0.2, -0.15) is 0 Å². The monoisotopic (exact) mass is 427 g/mol. The number of rotatable bonds is 7. The van der Waals surface area contributed by atoms with E-state index in [1.807, 2.05) is 6.92 Å². The Bertz CT molecular complexity index is 780. The molecule has 0 spiro atoms. The van der Waals surface area contributed by atoms with Crippen molar-refractivity contribution in [3.05, 3.63) is 40.7 Å². The average molecular weight is 428 g/mol. The van der Waals surface area contributed by atoms with Crippen LogP contribution >= 0.6 is 23.7 Å². The fourth-order valence-corrected chi connectivity index (χ4v) is 4.32. The quantitative estimate of drug-likeness (QED) is 0.631. The van der Waals surface area contributed by atoms with Gasteiger partial charge in [-0.05, 0) is 56.6 Å². The van der Waals surface area contributed by atoms with Crippen LogP contribution in [0.1, 0.15) is 38.6 Å². The van der Waals surface area contributed by atoms with Crippen molar-refractivity contribution in [3.63, 3.8) is 0 Å². The van der Waals surface area contributed by atoms with Crippen LogP contribution in [0.4, 0.5) is 5.00 Å². The van der Waals surface area contributed by atoms with Gasteiger partial charge in [0.05, 0.1) is 22.7 Å². The second-order valence-electron chi connectivity index (χ2n) is 6.92. The van der Waals surface area contributed by atoms with Crippen LogP contribution in [0.3, 0.4) is 0 Å². The second-order valence-corrected chi connectivity index (χ2v) is 7.97. The highest BCUT2D eigenvalue weighted by atomic mass is 35.5. The number of amides is 2. The smallest absolute Gasteiger partial charge is 0.291 e. The first kappa shape index (κ1) is 22.4. The average Bonchev–Trinajstić information content (AvgIpc) is 3.31. The number of aryl methyl sites for hydroxylation is 1. The number of thiophene rings is 1. The van der Waals surface area contributed by atoms with Gasteiger partial charge in [0, 0.05) is 19.1 Å². The van der Waals surface area contributed by atoms with E-state index in [2.05, 4.69) is 16.0 Å². The van der Waals surface area contributed by atoms with Gasteiger partial charge in [-0.25, -0.2) is 0 Å². The Morgan fingerprint density at radius 3 is 2.71 bits per heavy atom. The summed E-state index contributed by atoms with van der Waals surface area (Å²) in [5, 5.41) is 9.80. The summed E-state index contributed by atoms with van der Waals surface area (Å²) in [6.45, 7) is 4.93. The van der Waals surface area contributed by atoms with Crippen LogP contribution in [0.2, 0.25) is 0 Å². The maximum absolute atomic E-state index is 12.7. The second kappa shape index (κ2) is 10.1. The number of nitrogens with one attached hydrogen (secondary N) is 3. The highest BCUT2D eigenvalue weighted by molar-refractivity contribution is 7.18. The zero-order valence-corrected chi connectivity index (χ0v) is 17.6. The van der Waals surface area contributed by atoms with Gasteiger partial charge in [0.25, 0.3) is 11.8 Å². The molecule has 7 nitrogen and oxygen atoms in total. The number of halogens is 1. The Hall–Kier alpha value is -1.87. The molecule has 0 saturated carbocycles. The number of furan rings is 1. The first-order valence-corrected chi connectivity index (χ1v) is 9.78. The lowest BCUT2D eigenvalue weighted by Gasteiger charge is -2.37. The van der Waals surface area contributed by atoms with Gasteiger partial charge in [0.1, 0.15) is 0 Å². The molecule has 3 rings (SSSR count). The van der Waals surface area contributed by atoms with Crippen LogP contribution < -0.4 is 16.0 Å². The maximum atomic E-state index is 12.7. The molecule has 0 bridgehead atoms. The number of ether oxygens (including phenoxy) is 1. The third-order valence-electron chi connectivity index (χ3n) is 4.84. The van der Waals surface area contributed by atoms with Crippen LogP contribution in [-0.2, 0) is 4.74 Å². The topological polar surface area (TPSA) is 92.6 Å². The van der Waals surface area contributed by atoms with Crippen LogP contribution in [0, 0.1) is 12.3 Å². The molecule has 0 aromatic carbocycles. The van der Waals surface area contributed by atoms with Gasteiger partial charge in [-0.15, -0.1) is 23.7 Å². The SMILES string of the molecule is COCC1(CNC(=O)c2sc(NC(=O)c3ccco3)cc2C)CCNCC1.Cl. The van der Waals surface area contributed by atoms with E-state index < -0.39 is 0 Å². The van der Waals surface area contributed by atoms with Crippen LogP contribution in [0.15, 0.2) is 28.9 Å². The van der Waals surface area contributed by atoms with E-state index in [1.54, 1.807) is 25.3 Å². The molecule has 28 heavy (non-hydrogen) atoms. The molecule has 3 N–H and O–H groups in total. The molecule has 1 saturated heterocycles. The Morgan fingerprint density at radius 2 is 2.07 bits per heavy atom. The van der Waals surface area contributed by atoms with Crippen molar-refractivity contribution < 1.29 is 18.7 Å². The first-order valence-electron chi connectivity index (χ1n) is 8.96. The zero-order valence-electron chi connectivity index (χ0n) is 16.0. The van der Waals surface area contributed by atoms with Crippen molar-refractivity contribution in [1.29, 1.82) is 0 Å². The molecule has 0 unspecified atom stereocenters. The predicted molar refractivity (Wildman–Crippen MR) is 112 cm³/mol. The standard InChI is InChI=1S/C19H25N3O4S.ClH/c1-13-10-15(22-17(23)14-4-3-9-26-14)27-16(13)18(24)21-11-19(12-25-2)5-7-20-8-6-19;/h3-4,9-10,20H,5-8,11-12H2,1-2H3,(H,21,24)(H,22,23);1H. The van der Waals surface area contributed by atoms with Gasteiger partial charge in [-0.1, -0.05) is 0 Å². The number of carbonyl (C=O) groups excluding carboxylic acids is 2. The van der Waals surface area contributed by atoms with Crippen LogP contribution in [-0.4, -0.2) is 45.2 Å². The minimum Gasteiger partial charge on any atom is -0.459 e. The molecule has 0 radical (unpaired) electrons. The molecule has 1 aliphatic rings. The molecule has 2 amide bonds. The zero-order chi connectivity index (χ0) is 19.3. The minimum absolute atomic E-state index is 0. The molecule has 0 aliphatic carbocycles. The highest BCUT2D eigenvalue weighted by Crippen LogP contribution is 2.30. The summed E-state index contributed by atoms with van der Waals surface area (Å²) in [4.78, 5) is 25.4. The molecule has 0 atom stereocenters. The summed E-state index contributed by atoms with van der Waals surface area (Å²) < 4.78 is 10.5. The minimum atomic E-state index is -0.332. The summed E-state index contributed by atoms with van der Waals surface area (Å²) >= 11 is 1.26. The third-order valence-corrected chi connectivity index (χ3v) is 6.00. The van der Waals surface area contributed by atoms with Gasteiger partial charge >= 0.3 is 0 Å². The Kier molecular flexibility index (Phi) is 8.06. The van der Waals surface area contributed by atoms with E-state index in [-0.39, 0.29) is 35.4 Å². The summed E-state index contributed by atoms with van der Waals surface area (Å²) in [6, 6.07) is 5.05. The van der Waals surface area contributed by atoms with Crippen molar-refractivity contribution in [2.75, 3.05) is 38.7 Å². The molecule has 2 aromatic heterocycles. The van der Waals surface area contributed by atoms with Gasteiger partial charge in [-0.3, -0.25) is 9.59 Å². The number of hydrogen-bond donors (Lipinski definition) is 3. The Balaban J connectivity index is 0.00000280. The van der Waals surface area contributed by atoms with Crippen LogP contribution in [0.5, 0.6) is 0 Å². The molecule has 1 aliphatic heterocycles. The van der Waals surface area contributed by atoms with Crippen LogP contribution in [0.25, 0.3) is 0 Å². The molecule has 154 valence electrons. The lowest BCUT2D eigenvalue weighted by molar-refractivity contribution is 0.0512. The van der Waals surface area contributed by atoms with Gasteiger partial charge in [0.2, 0.25) is 0 Å². The van der Waals surface area contributed by atoms with E-state index in [0.717, 1.165) is 31.5 Å². The van der Waals surface area contributed by atoms with E-state index in [1.165, 1.54) is 17.6 Å². The maximum Gasteiger partial charge on any atom is 0.291 e. The van der Waals surface area contributed by atoms with Crippen molar-refractivity contribution in [2.24, 2.45) is 5.41 Å². The van der Waals surface area contributed by atoms with E-state index in [4.69, 9.17) is 9.15 Å². The molecule has 9 heteroatoms. The van der Waals surface area contributed by atoms with Gasteiger partial charge < -0.3 is 25.1 Å². The van der Waals surface area contributed by atoms with E-state index >= 15 is 0 Å². The fraction of sp³-hybridized carbons (Fsp3) is 0.474. The predicted octanol–water partition coefficient (Wildman–Crippen LogP) is 3.07. The largest absolute Gasteiger partial charge is 0.459 e. The Morgan fingerprint density at radius 1 is 1.32 bits per heavy atom. The third kappa shape index (κ3) is 5.35. The van der Waals surface area contributed by atoms with Crippen molar-refractivity contribution in [1.82, 2.24) is 10.6 Å². The molecule has 1 fully saturated rings. The summed E-state index contributed by atoms with van der Waals surface area (Å²) in [5.41, 5.74) is 0.801. The number of hydrogen-bond acceptors (Lipinski definition) is 6. The number of anilines is 1. The number of carbonyl (C=O) groups is 2. The lowest BCUT2D eigenvalue weighted by Crippen LogP contribution is -2.47. The van der Waals surface area contributed by atoms with E-state index in [9.17, 15) is 9.59 Å². The highest BCUT2D eigenvalue weighted by Gasteiger charge is 2.32. The molecule has 3 heterocycles. The first-order chi connectivity index (χ1) is 13.0. The summed E-state index contributed by atoms with van der Waals surface area (Å²) in [6.07, 6.45) is 3.38. The van der Waals surface area contributed by atoms with Crippen molar-refractivity contribution in [3.8, 4) is 0 Å². The molecular formula is C19H26ClN3O4S. The molecule has 2 aromatic rings. The van der Waals surface area contributed by atoms with Crippen molar-refractivity contribution in [2.45, 2.75) is 19.8 Å². The lowest BCUT2D eigenvalue weighted by atomic mass is 9.79. The number of piperidine rings is 1. The van der Waals surface area contributed by atoms with Crippen molar-refractivity contribution >= 4 is 40.6 Å².